The summed E-state index contributed by atoms with van der Waals surface area (Å²) >= 11 is 11.7. The molecule has 1 rings (SSSR count). The highest BCUT2D eigenvalue weighted by molar-refractivity contribution is 6.42. The summed E-state index contributed by atoms with van der Waals surface area (Å²) < 4.78 is 0. The Labute approximate surface area is 106 Å². The smallest absolute Gasteiger partial charge is 0.0735 e. The van der Waals surface area contributed by atoms with Crippen LogP contribution in [0.1, 0.15) is 31.9 Å². The molecule has 0 amide bonds. The first kappa shape index (κ1) is 13.8. The van der Waals surface area contributed by atoms with E-state index in [4.69, 9.17) is 28.9 Å². The molecule has 16 heavy (non-hydrogen) atoms. The van der Waals surface area contributed by atoms with Gasteiger partial charge in [0.15, 0.2) is 0 Å². The predicted octanol–water partition coefficient (Wildman–Crippen LogP) is 3.40. The highest BCUT2D eigenvalue weighted by Gasteiger charge is 2.18. The average molecular weight is 262 g/mol. The van der Waals surface area contributed by atoms with Gasteiger partial charge in [0.2, 0.25) is 0 Å². The lowest BCUT2D eigenvalue weighted by Gasteiger charge is -2.21. The maximum absolute atomic E-state index is 9.90. The maximum atomic E-state index is 9.90. The Kier molecular flexibility index (Phi) is 5.06. The fourth-order valence-electron chi connectivity index (χ4n) is 1.57. The summed E-state index contributed by atoms with van der Waals surface area (Å²) in [6.45, 7) is 4.09. The van der Waals surface area contributed by atoms with E-state index >= 15 is 0 Å². The van der Waals surface area contributed by atoms with Crippen molar-refractivity contribution in [3.8, 4) is 0 Å². The molecule has 0 fully saturated rings. The van der Waals surface area contributed by atoms with Crippen LogP contribution in [-0.2, 0) is 0 Å². The normalized spacial score (nSPS) is 15.2. The Morgan fingerprint density at radius 1 is 1.25 bits per heavy atom. The maximum Gasteiger partial charge on any atom is 0.0735 e. The molecule has 0 saturated carbocycles. The SMILES string of the molecule is CC(C)C[C@H](O)[C@H](N)c1ccc(Cl)c(Cl)c1. The van der Waals surface area contributed by atoms with Crippen LogP contribution in [-0.4, -0.2) is 11.2 Å². The second-order valence-electron chi connectivity index (χ2n) is 4.40. The molecule has 0 radical (unpaired) electrons. The van der Waals surface area contributed by atoms with Gasteiger partial charge in [-0.3, -0.25) is 0 Å². The van der Waals surface area contributed by atoms with E-state index in [1.807, 2.05) is 13.8 Å². The van der Waals surface area contributed by atoms with Crippen molar-refractivity contribution >= 4 is 23.2 Å². The minimum Gasteiger partial charge on any atom is -0.391 e. The molecular formula is C12H17Cl2NO. The number of nitrogens with two attached hydrogens (primary N) is 1. The third-order valence-electron chi connectivity index (χ3n) is 2.46. The van der Waals surface area contributed by atoms with Crippen LogP contribution in [0.5, 0.6) is 0 Å². The van der Waals surface area contributed by atoms with Gasteiger partial charge in [0.1, 0.15) is 0 Å². The Morgan fingerprint density at radius 3 is 2.38 bits per heavy atom. The Hall–Kier alpha value is -0.280. The van der Waals surface area contributed by atoms with Crippen LogP contribution in [0.3, 0.4) is 0 Å². The molecule has 0 aliphatic heterocycles. The Morgan fingerprint density at radius 2 is 1.88 bits per heavy atom. The van der Waals surface area contributed by atoms with Crippen molar-refractivity contribution < 1.29 is 5.11 Å². The van der Waals surface area contributed by atoms with E-state index in [0.717, 1.165) is 5.56 Å². The number of hydrogen-bond donors (Lipinski definition) is 2. The van der Waals surface area contributed by atoms with Gasteiger partial charge in [-0.15, -0.1) is 0 Å². The fraction of sp³-hybridized carbons (Fsp3) is 0.500. The van der Waals surface area contributed by atoms with Gasteiger partial charge in [-0.2, -0.15) is 0 Å². The lowest BCUT2D eigenvalue weighted by atomic mass is 9.95. The second-order valence-corrected chi connectivity index (χ2v) is 5.21. The topological polar surface area (TPSA) is 46.2 Å². The molecule has 1 aromatic carbocycles. The van der Waals surface area contributed by atoms with Crippen LogP contribution in [0.15, 0.2) is 18.2 Å². The Balaban J connectivity index is 2.79. The molecular weight excluding hydrogens is 245 g/mol. The number of aliphatic hydroxyl groups is 1. The van der Waals surface area contributed by atoms with Crippen LogP contribution in [0.4, 0.5) is 0 Å². The van der Waals surface area contributed by atoms with Gasteiger partial charge in [-0.05, 0) is 30.0 Å². The van der Waals surface area contributed by atoms with E-state index in [9.17, 15) is 5.11 Å². The largest absolute Gasteiger partial charge is 0.391 e. The Bertz CT molecular complexity index is 355. The minimum absolute atomic E-state index is 0.406. The van der Waals surface area contributed by atoms with E-state index in [-0.39, 0.29) is 0 Å². The quantitative estimate of drug-likeness (QED) is 0.873. The van der Waals surface area contributed by atoms with Gasteiger partial charge in [-0.1, -0.05) is 43.1 Å². The number of aliphatic hydroxyl groups excluding tert-OH is 1. The summed E-state index contributed by atoms with van der Waals surface area (Å²) in [4.78, 5) is 0. The molecule has 3 N–H and O–H groups in total. The molecule has 0 saturated heterocycles. The third kappa shape index (κ3) is 3.63. The van der Waals surface area contributed by atoms with Gasteiger partial charge in [0.05, 0.1) is 22.2 Å². The summed E-state index contributed by atoms with van der Waals surface area (Å²) in [5, 5.41) is 10.9. The summed E-state index contributed by atoms with van der Waals surface area (Å²) in [7, 11) is 0. The van der Waals surface area contributed by atoms with Crippen LogP contribution < -0.4 is 5.73 Å². The van der Waals surface area contributed by atoms with Gasteiger partial charge < -0.3 is 10.8 Å². The van der Waals surface area contributed by atoms with Crippen molar-refractivity contribution in [1.82, 2.24) is 0 Å². The van der Waals surface area contributed by atoms with Crippen molar-refractivity contribution in [1.29, 1.82) is 0 Å². The lowest BCUT2D eigenvalue weighted by Crippen LogP contribution is -2.27. The molecule has 0 heterocycles. The number of hydrogen-bond acceptors (Lipinski definition) is 2. The van der Waals surface area contributed by atoms with Gasteiger partial charge in [0, 0.05) is 0 Å². The molecule has 1 aromatic rings. The first-order valence-electron chi connectivity index (χ1n) is 5.30. The summed E-state index contributed by atoms with van der Waals surface area (Å²) in [5.41, 5.74) is 6.76. The molecule has 0 spiro atoms. The number of rotatable bonds is 4. The molecule has 0 unspecified atom stereocenters. The van der Waals surface area contributed by atoms with Gasteiger partial charge in [0.25, 0.3) is 0 Å². The average Bonchev–Trinajstić information content (AvgIpc) is 2.20. The van der Waals surface area contributed by atoms with Crippen LogP contribution >= 0.6 is 23.2 Å². The molecule has 0 aromatic heterocycles. The van der Waals surface area contributed by atoms with Crippen molar-refractivity contribution in [2.75, 3.05) is 0 Å². The van der Waals surface area contributed by atoms with Gasteiger partial charge in [-0.25, -0.2) is 0 Å². The molecule has 2 nitrogen and oxygen atoms in total. The lowest BCUT2D eigenvalue weighted by molar-refractivity contribution is 0.121. The van der Waals surface area contributed by atoms with Crippen LogP contribution in [0.25, 0.3) is 0 Å². The predicted molar refractivity (Wildman–Crippen MR) is 68.9 cm³/mol. The fourth-order valence-corrected chi connectivity index (χ4v) is 1.88. The molecule has 0 aliphatic carbocycles. The van der Waals surface area contributed by atoms with E-state index in [0.29, 0.717) is 22.4 Å². The molecule has 0 aliphatic rings. The van der Waals surface area contributed by atoms with Crippen molar-refractivity contribution in [2.45, 2.75) is 32.4 Å². The number of halogens is 2. The summed E-state index contributed by atoms with van der Waals surface area (Å²) in [6, 6.07) is 4.78. The molecule has 2 atom stereocenters. The van der Waals surface area contributed by atoms with E-state index in [1.54, 1.807) is 18.2 Å². The number of benzene rings is 1. The van der Waals surface area contributed by atoms with E-state index in [2.05, 4.69) is 0 Å². The minimum atomic E-state index is -0.558. The zero-order valence-electron chi connectivity index (χ0n) is 9.45. The zero-order chi connectivity index (χ0) is 12.3. The van der Waals surface area contributed by atoms with Crippen molar-refractivity contribution in [3.63, 3.8) is 0 Å². The highest BCUT2D eigenvalue weighted by Crippen LogP contribution is 2.27. The molecule has 90 valence electrons. The van der Waals surface area contributed by atoms with E-state index < -0.39 is 12.1 Å². The third-order valence-corrected chi connectivity index (χ3v) is 3.20. The summed E-state index contributed by atoms with van der Waals surface area (Å²) in [5.74, 6) is 0.406. The molecule has 0 bridgehead atoms. The standard InChI is InChI=1S/C12H17Cl2NO/c1-7(2)5-11(16)12(15)8-3-4-9(13)10(14)6-8/h3-4,6-7,11-12,16H,5,15H2,1-2H3/t11-,12+/m0/s1. The first-order valence-corrected chi connectivity index (χ1v) is 6.06. The second kappa shape index (κ2) is 5.87. The highest BCUT2D eigenvalue weighted by atomic mass is 35.5. The van der Waals surface area contributed by atoms with Crippen molar-refractivity contribution in [3.05, 3.63) is 33.8 Å². The zero-order valence-corrected chi connectivity index (χ0v) is 11.0. The summed E-state index contributed by atoms with van der Waals surface area (Å²) in [6.07, 6.45) is 0.110. The monoisotopic (exact) mass is 261 g/mol. The van der Waals surface area contributed by atoms with E-state index in [1.165, 1.54) is 0 Å². The molecule has 4 heteroatoms. The van der Waals surface area contributed by atoms with Gasteiger partial charge >= 0.3 is 0 Å². The van der Waals surface area contributed by atoms with Crippen molar-refractivity contribution in [2.24, 2.45) is 11.7 Å². The van der Waals surface area contributed by atoms with Crippen LogP contribution in [0.2, 0.25) is 10.0 Å². The van der Waals surface area contributed by atoms with Crippen LogP contribution in [0, 0.1) is 5.92 Å². The first-order chi connectivity index (χ1) is 7.41.